The van der Waals surface area contributed by atoms with Gasteiger partial charge in [0.15, 0.2) is 12.2 Å². The third-order valence-electron chi connectivity index (χ3n) is 4.68. The number of carbonyl (C=O) groups is 4. The summed E-state index contributed by atoms with van der Waals surface area (Å²) in [5.74, 6) is -2.28. The molecule has 0 aliphatic carbocycles. The van der Waals surface area contributed by atoms with Gasteiger partial charge >= 0.3 is 11.9 Å². The van der Waals surface area contributed by atoms with E-state index in [1.54, 1.807) is 18.3 Å². The normalized spacial score (nSPS) is 15.2. The van der Waals surface area contributed by atoms with E-state index in [9.17, 15) is 19.2 Å². The molecular formula is C21H22BrN5O6. The van der Waals surface area contributed by atoms with E-state index in [4.69, 9.17) is 9.47 Å². The number of hydrogen-bond acceptors (Lipinski definition) is 9. The predicted octanol–water partition coefficient (Wildman–Crippen LogP) is 1.95. The van der Waals surface area contributed by atoms with Crippen molar-refractivity contribution in [1.29, 1.82) is 0 Å². The molecule has 174 valence electrons. The maximum Gasteiger partial charge on any atom is 0.303 e. The van der Waals surface area contributed by atoms with Crippen LogP contribution in [0.3, 0.4) is 0 Å². The molecule has 1 aromatic carbocycles. The van der Waals surface area contributed by atoms with Crippen LogP contribution in [0.2, 0.25) is 0 Å². The van der Waals surface area contributed by atoms with Crippen LogP contribution in [0.25, 0.3) is 11.0 Å². The van der Waals surface area contributed by atoms with Gasteiger partial charge in [-0.25, -0.2) is 4.99 Å². The number of hydrogen-bond donors (Lipinski definition) is 0. The van der Waals surface area contributed by atoms with E-state index in [0.717, 1.165) is 0 Å². The van der Waals surface area contributed by atoms with Gasteiger partial charge in [0.25, 0.3) is 11.8 Å². The molecule has 12 heteroatoms. The maximum absolute atomic E-state index is 13.0. The van der Waals surface area contributed by atoms with Crippen LogP contribution in [-0.2, 0) is 28.7 Å². The van der Waals surface area contributed by atoms with Crippen LogP contribution < -0.4 is 0 Å². The summed E-state index contributed by atoms with van der Waals surface area (Å²) in [5.41, 5.74) is 1.59. The van der Waals surface area contributed by atoms with Crippen molar-refractivity contribution in [2.24, 2.45) is 4.99 Å². The average Bonchev–Trinajstić information content (AvgIpc) is 3.14. The number of nitrogens with zero attached hydrogens (tertiary/aromatic N) is 5. The Bertz CT molecular complexity index is 1110. The molecule has 3 rings (SSSR count). The number of esters is 2. The number of fused-ring (bicyclic) bond motifs is 1. The fourth-order valence-corrected chi connectivity index (χ4v) is 3.86. The lowest BCUT2D eigenvalue weighted by Crippen LogP contribution is -2.47. The summed E-state index contributed by atoms with van der Waals surface area (Å²) in [6.07, 6.45) is 0.934. The van der Waals surface area contributed by atoms with Gasteiger partial charge in [0.1, 0.15) is 5.52 Å². The van der Waals surface area contributed by atoms with E-state index in [2.05, 4.69) is 30.9 Å². The summed E-state index contributed by atoms with van der Waals surface area (Å²) >= 11 is 3.44. The quantitative estimate of drug-likeness (QED) is 0.547. The Kier molecular flexibility index (Phi) is 7.36. The molecule has 1 fully saturated rings. The Hall–Kier alpha value is -3.41. The summed E-state index contributed by atoms with van der Waals surface area (Å²) < 4.78 is 10.7. The number of guanidine groups is 1. The van der Waals surface area contributed by atoms with Crippen molar-refractivity contribution in [1.82, 2.24) is 19.8 Å². The van der Waals surface area contributed by atoms with Gasteiger partial charge in [-0.3, -0.25) is 38.9 Å². The fraction of sp³-hybridized carbons (Fsp3) is 0.381. The first-order valence-corrected chi connectivity index (χ1v) is 10.8. The van der Waals surface area contributed by atoms with E-state index in [1.807, 2.05) is 0 Å². The molecule has 1 aliphatic rings. The number of amides is 2. The van der Waals surface area contributed by atoms with E-state index >= 15 is 0 Å². The van der Waals surface area contributed by atoms with Crippen molar-refractivity contribution >= 4 is 62.4 Å². The summed E-state index contributed by atoms with van der Waals surface area (Å²) in [5, 5.41) is 0. The highest BCUT2D eigenvalue weighted by Crippen LogP contribution is 2.28. The summed E-state index contributed by atoms with van der Waals surface area (Å²) in [4.78, 5) is 64.2. The minimum absolute atomic E-state index is 0.0261. The Morgan fingerprint density at radius 3 is 1.97 bits per heavy atom. The van der Waals surface area contributed by atoms with E-state index in [1.165, 1.54) is 43.7 Å². The summed E-state index contributed by atoms with van der Waals surface area (Å²) in [6.45, 7) is 5.53. The molecule has 2 heterocycles. The Labute approximate surface area is 197 Å². The predicted molar refractivity (Wildman–Crippen MR) is 120 cm³/mol. The van der Waals surface area contributed by atoms with Crippen molar-refractivity contribution in [3.05, 3.63) is 29.0 Å². The molecule has 2 amide bonds. The van der Waals surface area contributed by atoms with E-state index < -0.39 is 36.0 Å². The van der Waals surface area contributed by atoms with Crippen molar-refractivity contribution in [3.63, 3.8) is 0 Å². The summed E-state index contributed by atoms with van der Waals surface area (Å²) in [6, 6.07) is 3.34. The molecule has 0 N–H and O–H groups in total. The molecule has 1 aromatic heterocycles. The topological polar surface area (TPSA) is 131 Å². The highest BCUT2D eigenvalue weighted by atomic mass is 79.9. The number of carbonyl (C=O) groups excluding carboxylic acids is 4. The van der Waals surface area contributed by atoms with Gasteiger partial charge in [-0.1, -0.05) is 0 Å². The van der Waals surface area contributed by atoms with Crippen LogP contribution in [0.1, 0.15) is 27.7 Å². The number of rotatable bonds is 5. The molecule has 0 bridgehead atoms. The maximum atomic E-state index is 13.0. The van der Waals surface area contributed by atoms with Crippen LogP contribution in [-0.4, -0.2) is 74.8 Å². The van der Waals surface area contributed by atoms with Crippen LogP contribution in [0, 0.1) is 0 Å². The summed E-state index contributed by atoms with van der Waals surface area (Å²) in [7, 11) is 0. The molecule has 33 heavy (non-hydrogen) atoms. The number of aromatic nitrogens is 2. The Balaban J connectivity index is 2.03. The molecule has 0 spiro atoms. The largest absolute Gasteiger partial charge is 0.453 e. The van der Waals surface area contributed by atoms with Crippen LogP contribution in [0.15, 0.2) is 34.0 Å². The zero-order chi connectivity index (χ0) is 24.3. The molecule has 2 aromatic rings. The lowest BCUT2D eigenvalue weighted by Gasteiger charge is -2.24. The van der Waals surface area contributed by atoms with E-state index in [-0.39, 0.29) is 19.0 Å². The van der Waals surface area contributed by atoms with Crippen LogP contribution in [0.4, 0.5) is 5.69 Å². The van der Waals surface area contributed by atoms with Crippen molar-refractivity contribution in [2.75, 3.05) is 13.1 Å². The van der Waals surface area contributed by atoms with Gasteiger partial charge in [-0.2, -0.15) is 0 Å². The average molecular weight is 520 g/mol. The number of benzene rings is 1. The van der Waals surface area contributed by atoms with Crippen LogP contribution in [0.5, 0.6) is 0 Å². The molecule has 1 saturated heterocycles. The molecular weight excluding hydrogens is 498 g/mol. The first kappa shape index (κ1) is 24.2. The highest BCUT2D eigenvalue weighted by molar-refractivity contribution is 9.10. The Morgan fingerprint density at radius 2 is 1.45 bits per heavy atom. The SMILES string of the molecule is CC(=O)OC(C)C(=O)N1CCN(C(=O)C(C)OC(C)=O)C1=Nc1cc(Br)c2nccnc2c1. The Morgan fingerprint density at radius 1 is 0.939 bits per heavy atom. The lowest BCUT2D eigenvalue weighted by molar-refractivity contribution is -0.155. The monoisotopic (exact) mass is 519 g/mol. The molecule has 2 atom stereocenters. The zero-order valence-corrected chi connectivity index (χ0v) is 20.0. The highest BCUT2D eigenvalue weighted by Gasteiger charge is 2.39. The third kappa shape index (κ3) is 5.51. The third-order valence-corrected chi connectivity index (χ3v) is 5.29. The van der Waals surface area contributed by atoms with Gasteiger partial charge in [0.2, 0.25) is 5.96 Å². The van der Waals surface area contributed by atoms with Gasteiger partial charge in [0, 0.05) is 43.8 Å². The van der Waals surface area contributed by atoms with Gasteiger partial charge in [-0.15, -0.1) is 0 Å². The smallest absolute Gasteiger partial charge is 0.303 e. The van der Waals surface area contributed by atoms with Gasteiger partial charge < -0.3 is 9.47 Å². The number of ether oxygens (including phenoxy) is 2. The number of aliphatic imine (C=N–C) groups is 1. The second kappa shape index (κ2) is 10.0. The first-order chi connectivity index (χ1) is 15.6. The second-order valence-electron chi connectivity index (χ2n) is 7.25. The molecule has 0 saturated carbocycles. The zero-order valence-electron chi connectivity index (χ0n) is 18.4. The lowest BCUT2D eigenvalue weighted by atomic mass is 10.2. The number of halogens is 1. The van der Waals surface area contributed by atoms with Crippen molar-refractivity contribution in [3.8, 4) is 0 Å². The minimum atomic E-state index is -1.08. The van der Waals surface area contributed by atoms with E-state index in [0.29, 0.717) is 21.2 Å². The van der Waals surface area contributed by atoms with Crippen molar-refractivity contribution in [2.45, 2.75) is 39.9 Å². The molecule has 1 aliphatic heterocycles. The molecule has 11 nitrogen and oxygen atoms in total. The fourth-order valence-electron chi connectivity index (χ4n) is 3.32. The minimum Gasteiger partial charge on any atom is -0.453 e. The first-order valence-electron chi connectivity index (χ1n) is 10.0. The van der Waals surface area contributed by atoms with Gasteiger partial charge in [0.05, 0.1) is 11.2 Å². The van der Waals surface area contributed by atoms with Crippen LogP contribution >= 0.6 is 15.9 Å². The van der Waals surface area contributed by atoms with Gasteiger partial charge in [-0.05, 0) is 41.9 Å². The van der Waals surface area contributed by atoms with Crippen molar-refractivity contribution < 1.29 is 28.7 Å². The molecule has 2 unspecified atom stereocenters. The second-order valence-corrected chi connectivity index (χ2v) is 8.10. The molecule has 0 radical (unpaired) electrons. The standard InChI is InChI=1S/C21H22BrN5O6/c1-11(32-13(3)28)19(30)26-7-8-27(20(31)12(2)33-14(4)29)21(26)25-15-9-16(22)18-17(10-15)23-5-6-24-18/h5-6,9-12H,7-8H2,1-4H3.